The lowest BCUT2D eigenvalue weighted by Gasteiger charge is -2.02. The fourth-order valence-electron chi connectivity index (χ4n) is 2.54. The molecular formula is C20H16N2O2. The first-order chi connectivity index (χ1) is 11.6. The van der Waals surface area contributed by atoms with Gasteiger partial charge in [-0.25, -0.2) is 0 Å². The lowest BCUT2D eigenvalue weighted by Crippen LogP contribution is -2.01. The van der Waals surface area contributed by atoms with Crippen molar-refractivity contribution in [2.75, 3.05) is 7.11 Å². The summed E-state index contributed by atoms with van der Waals surface area (Å²) < 4.78 is 5.22. The number of aryl methyl sites for hydroxylation is 1. The Morgan fingerprint density at radius 1 is 1.21 bits per heavy atom. The number of aromatic amines is 1. The Kier molecular flexibility index (Phi) is 4.17. The van der Waals surface area contributed by atoms with Crippen molar-refractivity contribution in [3.05, 3.63) is 70.9 Å². The zero-order chi connectivity index (χ0) is 17.1. The first-order valence-corrected chi connectivity index (χ1v) is 7.50. The van der Waals surface area contributed by atoms with Gasteiger partial charge < -0.3 is 9.72 Å². The molecule has 0 saturated carbocycles. The Labute approximate surface area is 140 Å². The van der Waals surface area contributed by atoms with E-state index in [9.17, 15) is 10.1 Å². The van der Waals surface area contributed by atoms with Gasteiger partial charge in [0, 0.05) is 22.7 Å². The molecule has 0 atom stereocenters. The molecule has 118 valence electrons. The highest BCUT2D eigenvalue weighted by Crippen LogP contribution is 2.25. The summed E-state index contributed by atoms with van der Waals surface area (Å²) in [4.78, 5) is 15.8. The van der Waals surface area contributed by atoms with Gasteiger partial charge >= 0.3 is 0 Å². The molecule has 1 heterocycles. The predicted octanol–water partition coefficient (Wildman–Crippen LogP) is 4.27. The Morgan fingerprint density at radius 2 is 1.96 bits per heavy atom. The fraction of sp³-hybridized carbons (Fsp3) is 0.100. The molecule has 2 aromatic carbocycles. The topological polar surface area (TPSA) is 65.9 Å². The maximum Gasteiger partial charge on any atom is 0.205 e. The van der Waals surface area contributed by atoms with Gasteiger partial charge in [0.2, 0.25) is 5.78 Å². The lowest BCUT2D eigenvalue weighted by molar-refractivity contribution is 0.104. The van der Waals surface area contributed by atoms with Crippen LogP contribution in [-0.4, -0.2) is 17.9 Å². The number of methoxy groups -OCH3 is 1. The number of nitrogens with zero attached hydrogens (tertiary/aromatic N) is 1. The Hall–Kier alpha value is -3.32. The first-order valence-electron chi connectivity index (χ1n) is 7.50. The number of aromatic nitrogens is 1. The number of hydrogen-bond donors (Lipinski definition) is 1. The van der Waals surface area contributed by atoms with Crippen LogP contribution in [0.2, 0.25) is 0 Å². The zero-order valence-electron chi connectivity index (χ0n) is 13.5. The highest BCUT2D eigenvalue weighted by atomic mass is 16.5. The third-order valence-electron chi connectivity index (χ3n) is 3.89. The number of hydrogen-bond acceptors (Lipinski definition) is 3. The van der Waals surface area contributed by atoms with Crippen molar-refractivity contribution < 1.29 is 9.53 Å². The number of nitriles is 1. The summed E-state index contributed by atoms with van der Waals surface area (Å²) in [5, 5.41) is 10.2. The minimum absolute atomic E-state index is 0.0996. The van der Waals surface area contributed by atoms with Gasteiger partial charge in [-0.15, -0.1) is 0 Å². The number of ether oxygens (including phenoxy) is 1. The van der Waals surface area contributed by atoms with Crippen LogP contribution in [0.15, 0.2) is 54.2 Å². The van der Waals surface area contributed by atoms with Gasteiger partial charge in [0.1, 0.15) is 17.4 Å². The number of carbonyl (C=O) groups excluding carboxylic acids is 1. The number of rotatable bonds is 4. The molecule has 0 fully saturated rings. The van der Waals surface area contributed by atoms with Gasteiger partial charge in [-0.1, -0.05) is 29.8 Å². The van der Waals surface area contributed by atoms with E-state index in [0.717, 1.165) is 22.0 Å². The standard InChI is InChI=1S/C20H16N2O2/c1-13-3-5-14(6-4-13)9-15(11-21)20(23)18-12-22-19-8-7-16(24-2)10-17(18)19/h3-10,12,22H,1-2H3/b15-9+. The van der Waals surface area contributed by atoms with E-state index in [1.54, 1.807) is 25.4 Å². The minimum atomic E-state index is -0.308. The molecule has 24 heavy (non-hydrogen) atoms. The summed E-state index contributed by atoms with van der Waals surface area (Å²) in [6.45, 7) is 1.99. The summed E-state index contributed by atoms with van der Waals surface area (Å²) in [5.41, 5.74) is 3.33. The summed E-state index contributed by atoms with van der Waals surface area (Å²) in [5.74, 6) is 0.356. The van der Waals surface area contributed by atoms with Crippen LogP contribution in [0.5, 0.6) is 5.75 Å². The number of nitrogens with one attached hydrogen (secondary N) is 1. The smallest absolute Gasteiger partial charge is 0.205 e. The first kappa shape index (κ1) is 15.6. The van der Waals surface area contributed by atoms with Crippen molar-refractivity contribution in [2.24, 2.45) is 0 Å². The monoisotopic (exact) mass is 316 g/mol. The van der Waals surface area contributed by atoms with Crippen LogP contribution in [0.25, 0.3) is 17.0 Å². The zero-order valence-corrected chi connectivity index (χ0v) is 13.5. The van der Waals surface area contributed by atoms with Crippen molar-refractivity contribution in [3.8, 4) is 11.8 Å². The second-order valence-corrected chi connectivity index (χ2v) is 5.52. The fourth-order valence-corrected chi connectivity index (χ4v) is 2.54. The molecule has 0 saturated heterocycles. The van der Waals surface area contributed by atoms with Crippen LogP contribution in [0.1, 0.15) is 21.5 Å². The van der Waals surface area contributed by atoms with E-state index in [1.807, 2.05) is 49.4 Å². The highest BCUT2D eigenvalue weighted by Gasteiger charge is 2.17. The van der Waals surface area contributed by atoms with Crippen LogP contribution in [0.4, 0.5) is 0 Å². The Balaban J connectivity index is 2.03. The number of fused-ring (bicyclic) bond motifs is 1. The van der Waals surface area contributed by atoms with E-state index in [-0.39, 0.29) is 11.4 Å². The van der Waals surface area contributed by atoms with E-state index in [0.29, 0.717) is 11.3 Å². The second kappa shape index (κ2) is 6.43. The molecule has 3 rings (SSSR count). The van der Waals surface area contributed by atoms with Gasteiger partial charge in [0.25, 0.3) is 0 Å². The molecule has 1 aromatic heterocycles. The van der Waals surface area contributed by atoms with Gasteiger partial charge in [-0.2, -0.15) is 5.26 Å². The van der Waals surface area contributed by atoms with Gasteiger partial charge in [-0.05, 0) is 36.8 Å². The SMILES string of the molecule is COc1ccc2[nH]cc(C(=O)/C(C#N)=C/c3ccc(C)cc3)c2c1. The second-order valence-electron chi connectivity index (χ2n) is 5.52. The van der Waals surface area contributed by atoms with E-state index < -0.39 is 0 Å². The maximum absolute atomic E-state index is 12.8. The summed E-state index contributed by atoms with van der Waals surface area (Å²) in [7, 11) is 1.58. The average molecular weight is 316 g/mol. The van der Waals surface area contributed by atoms with Crippen molar-refractivity contribution in [1.29, 1.82) is 5.26 Å². The largest absolute Gasteiger partial charge is 0.497 e. The summed E-state index contributed by atoms with van der Waals surface area (Å²) in [6.07, 6.45) is 3.24. The number of ketones is 1. The van der Waals surface area contributed by atoms with Crippen LogP contribution >= 0.6 is 0 Å². The quantitative estimate of drug-likeness (QED) is 0.444. The molecule has 4 heteroatoms. The molecule has 4 nitrogen and oxygen atoms in total. The van der Waals surface area contributed by atoms with Crippen molar-refractivity contribution in [3.63, 3.8) is 0 Å². The molecule has 0 bridgehead atoms. The molecule has 0 unspecified atom stereocenters. The van der Waals surface area contributed by atoms with Crippen molar-refractivity contribution in [1.82, 2.24) is 4.98 Å². The van der Waals surface area contributed by atoms with Crippen LogP contribution in [0.3, 0.4) is 0 Å². The molecular weight excluding hydrogens is 300 g/mol. The summed E-state index contributed by atoms with van der Waals surface area (Å²) >= 11 is 0. The molecule has 0 aliphatic carbocycles. The van der Waals surface area contributed by atoms with E-state index in [2.05, 4.69) is 4.98 Å². The van der Waals surface area contributed by atoms with Gasteiger partial charge in [-0.3, -0.25) is 4.79 Å². The molecule has 1 N–H and O–H groups in total. The lowest BCUT2D eigenvalue weighted by atomic mass is 10.0. The van der Waals surface area contributed by atoms with Gasteiger partial charge in [0.05, 0.1) is 7.11 Å². The maximum atomic E-state index is 12.8. The van der Waals surface area contributed by atoms with Gasteiger partial charge in [0.15, 0.2) is 0 Å². The normalized spacial score (nSPS) is 11.3. The third-order valence-corrected chi connectivity index (χ3v) is 3.89. The third kappa shape index (κ3) is 2.92. The van der Waals surface area contributed by atoms with Crippen LogP contribution in [0, 0.1) is 18.3 Å². The molecule has 0 radical (unpaired) electrons. The van der Waals surface area contributed by atoms with E-state index in [1.165, 1.54) is 0 Å². The summed E-state index contributed by atoms with van der Waals surface area (Å²) in [6, 6.07) is 15.1. The number of Topliss-reactive ketones (excluding diaryl/α,β-unsaturated/α-hetero) is 1. The average Bonchev–Trinajstić information content (AvgIpc) is 3.03. The number of H-pyrrole nitrogens is 1. The Bertz CT molecular complexity index is 973. The number of carbonyl (C=O) groups is 1. The molecule has 0 spiro atoms. The van der Waals surface area contributed by atoms with Crippen LogP contribution in [-0.2, 0) is 0 Å². The van der Waals surface area contributed by atoms with E-state index in [4.69, 9.17) is 4.74 Å². The predicted molar refractivity (Wildman–Crippen MR) is 94.0 cm³/mol. The molecule has 3 aromatic rings. The van der Waals surface area contributed by atoms with Crippen molar-refractivity contribution in [2.45, 2.75) is 6.92 Å². The molecule has 0 aliphatic heterocycles. The molecule has 0 aliphatic rings. The molecule has 0 amide bonds. The van der Waals surface area contributed by atoms with E-state index >= 15 is 0 Å². The van der Waals surface area contributed by atoms with Crippen LogP contribution < -0.4 is 4.74 Å². The minimum Gasteiger partial charge on any atom is -0.497 e. The number of benzene rings is 2. The Morgan fingerprint density at radius 3 is 2.62 bits per heavy atom. The highest BCUT2D eigenvalue weighted by molar-refractivity contribution is 6.20. The van der Waals surface area contributed by atoms with Crippen molar-refractivity contribution >= 4 is 22.8 Å². The number of allylic oxidation sites excluding steroid dienone is 1.